The Morgan fingerprint density at radius 1 is 0.943 bits per heavy atom. The highest BCUT2D eigenvalue weighted by Crippen LogP contribution is 2.35. The second-order valence-corrected chi connectivity index (χ2v) is 9.85. The molecule has 0 aliphatic carbocycles. The summed E-state index contributed by atoms with van der Waals surface area (Å²) in [6, 6.07) is 25.7. The smallest absolute Gasteiger partial charge is 0.355 e. The van der Waals surface area contributed by atoms with Crippen molar-refractivity contribution in [3.8, 4) is 11.1 Å². The summed E-state index contributed by atoms with van der Waals surface area (Å²) in [7, 11) is 1.37. The fourth-order valence-corrected chi connectivity index (χ4v) is 5.47. The maximum absolute atomic E-state index is 13.9. The fourth-order valence-electron chi connectivity index (χ4n) is 5.11. The molecule has 0 atom stereocenters. The molecule has 0 saturated carbocycles. The van der Waals surface area contributed by atoms with Gasteiger partial charge in [-0.25, -0.2) is 4.79 Å². The van der Waals surface area contributed by atoms with E-state index in [4.69, 9.17) is 4.74 Å². The SMILES string of the molecule is COC(=O)c1c(-c2ccccc2)c2cc(Br)ccc2c(=O)n1C1CCN(Cc2ccccc2)CC1. The van der Waals surface area contributed by atoms with Gasteiger partial charge in [0, 0.05) is 41.1 Å². The van der Waals surface area contributed by atoms with Gasteiger partial charge in [-0.3, -0.25) is 14.3 Å². The molecule has 0 amide bonds. The number of halogens is 1. The van der Waals surface area contributed by atoms with Crippen LogP contribution in [0.3, 0.4) is 0 Å². The van der Waals surface area contributed by atoms with Gasteiger partial charge in [0.25, 0.3) is 5.56 Å². The summed E-state index contributed by atoms with van der Waals surface area (Å²) in [6.07, 6.45) is 1.57. The Kier molecular flexibility index (Phi) is 6.84. The molecule has 0 N–H and O–H groups in total. The van der Waals surface area contributed by atoms with Crippen molar-refractivity contribution in [2.24, 2.45) is 0 Å². The molecule has 1 aromatic heterocycles. The van der Waals surface area contributed by atoms with Gasteiger partial charge >= 0.3 is 5.97 Å². The number of ether oxygens (including phenoxy) is 1. The summed E-state index contributed by atoms with van der Waals surface area (Å²) < 4.78 is 7.81. The first-order chi connectivity index (χ1) is 17.1. The van der Waals surface area contributed by atoms with E-state index in [2.05, 4.69) is 45.1 Å². The second-order valence-electron chi connectivity index (χ2n) is 8.94. The molecule has 0 radical (unpaired) electrons. The van der Waals surface area contributed by atoms with Gasteiger partial charge in [-0.2, -0.15) is 0 Å². The number of fused-ring (bicyclic) bond motifs is 1. The van der Waals surface area contributed by atoms with Crippen molar-refractivity contribution in [2.45, 2.75) is 25.4 Å². The van der Waals surface area contributed by atoms with Crippen LogP contribution in [0.1, 0.15) is 34.9 Å². The molecule has 5 rings (SSSR count). The maximum Gasteiger partial charge on any atom is 0.355 e. The monoisotopic (exact) mass is 530 g/mol. The zero-order valence-corrected chi connectivity index (χ0v) is 21.2. The second kappa shape index (κ2) is 10.2. The molecule has 6 heteroatoms. The molecule has 178 valence electrons. The molecule has 5 nitrogen and oxygen atoms in total. The molecule has 0 bridgehead atoms. The van der Waals surface area contributed by atoms with E-state index in [1.165, 1.54) is 12.7 Å². The van der Waals surface area contributed by atoms with E-state index in [0.717, 1.165) is 53.5 Å². The zero-order valence-electron chi connectivity index (χ0n) is 19.6. The Hall–Kier alpha value is -3.22. The third-order valence-corrected chi connectivity index (χ3v) is 7.28. The topological polar surface area (TPSA) is 51.5 Å². The number of rotatable bonds is 5. The maximum atomic E-state index is 13.9. The lowest BCUT2D eigenvalue weighted by atomic mass is 9.94. The van der Waals surface area contributed by atoms with Gasteiger partial charge in [0.2, 0.25) is 0 Å². The van der Waals surface area contributed by atoms with Crippen molar-refractivity contribution in [1.82, 2.24) is 9.47 Å². The van der Waals surface area contributed by atoms with Crippen LogP contribution in [0, 0.1) is 0 Å². The van der Waals surface area contributed by atoms with E-state index in [1.807, 2.05) is 54.6 Å². The first-order valence-electron chi connectivity index (χ1n) is 11.8. The van der Waals surface area contributed by atoms with Gasteiger partial charge in [-0.15, -0.1) is 0 Å². The highest BCUT2D eigenvalue weighted by molar-refractivity contribution is 9.10. The number of esters is 1. The van der Waals surface area contributed by atoms with Crippen LogP contribution < -0.4 is 5.56 Å². The zero-order chi connectivity index (χ0) is 24.4. The normalized spacial score (nSPS) is 14.8. The van der Waals surface area contributed by atoms with Gasteiger partial charge in [0.05, 0.1) is 7.11 Å². The molecule has 35 heavy (non-hydrogen) atoms. The van der Waals surface area contributed by atoms with Gasteiger partial charge < -0.3 is 4.74 Å². The van der Waals surface area contributed by atoms with Crippen LogP contribution in [0.2, 0.25) is 0 Å². The fraction of sp³-hybridized carbons (Fsp3) is 0.241. The lowest BCUT2D eigenvalue weighted by molar-refractivity contribution is 0.0580. The van der Waals surface area contributed by atoms with Crippen LogP contribution in [0.25, 0.3) is 21.9 Å². The van der Waals surface area contributed by atoms with Crippen molar-refractivity contribution >= 4 is 32.7 Å². The number of benzene rings is 3. The molecular formula is C29H27BrN2O3. The quantitative estimate of drug-likeness (QED) is 0.294. The Balaban J connectivity index is 1.62. The molecule has 0 spiro atoms. The van der Waals surface area contributed by atoms with E-state index in [0.29, 0.717) is 11.1 Å². The third-order valence-electron chi connectivity index (χ3n) is 6.79. The number of methoxy groups -OCH3 is 1. The van der Waals surface area contributed by atoms with E-state index in [1.54, 1.807) is 4.57 Å². The predicted octanol–water partition coefficient (Wildman–Crippen LogP) is 6.05. The molecule has 4 aromatic rings. The average Bonchev–Trinajstić information content (AvgIpc) is 2.89. The molecular weight excluding hydrogens is 504 g/mol. The number of nitrogens with zero attached hydrogens (tertiary/aromatic N) is 2. The lowest BCUT2D eigenvalue weighted by Crippen LogP contribution is -2.39. The van der Waals surface area contributed by atoms with Crippen molar-refractivity contribution < 1.29 is 9.53 Å². The van der Waals surface area contributed by atoms with Crippen LogP contribution >= 0.6 is 15.9 Å². The summed E-state index contributed by atoms with van der Waals surface area (Å²) >= 11 is 3.54. The minimum absolute atomic E-state index is 0.0841. The molecule has 1 fully saturated rings. The number of aromatic nitrogens is 1. The highest BCUT2D eigenvalue weighted by atomic mass is 79.9. The van der Waals surface area contributed by atoms with Crippen LogP contribution in [0.15, 0.2) is 88.1 Å². The first-order valence-corrected chi connectivity index (χ1v) is 12.6. The third kappa shape index (κ3) is 4.68. The number of likely N-dealkylation sites (tertiary alicyclic amines) is 1. The van der Waals surface area contributed by atoms with Crippen molar-refractivity contribution in [3.63, 3.8) is 0 Å². The van der Waals surface area contributed by atoms with Gasteiger partial charge in [0.1, 0.15) is 5.69 Å². The molecule has 3 aromatic carbocycles. The lowest BCUT2D eigenvalue weighted by Gasteiger charge is -2.34. The Morgan fingerprint density at radius 3 is 2.26 bits per heavy atom. The van der Waals surface area contributed by atoms with Gasteiger partial charge in [-0.05, 0) is 47.6 Å². The number of piperidine rings is 1. The van der Waals surface area contributed by atoms with E-state index in [-0.39, 0.29) is 11.6 Å². The van der Waals surface area contributed by atoms with Crippen LogP contribution in [0.5, 0.6) is 0 Å². The Bertz CT molecular complexity index is 1410. The Morgan fingerprint density at radius 2 is 1.60 bits per heavy atom. The van der Waals surface area contributed by atoms with Crippen molar-refractivity contribution in [2.75, 3.05) is 20.2 Å². The summed E-state index contributed by atoms with van der Waals surface area (Å²) in [4.78, 5) is 29.5. The standard InChI is InChI=1S/C29H27BrN2O3/c1-35-29(34)27-26(21-10-6-3-7-11-21)25-18-22(30)12-13-24(25)28(33)32(27)23-14-16-31(17-15-23)19-20-8-4-2-5-9-20/h2-13,18,23H,14-17,19H2,1H3. The van der Waals surface area contributed by atoms with Crippen LogP contribution in [0.4, 0.5) is 0 Å². The molecule has 1 saturated heterocycles. The largest absolute Gasteiger partial charge is 0.464 e. The van der Waals surface area contributed by atoms with E-state index in [9.17, 15) is 9.59 Å². The summed E-state index contributed by atoms with van der Waals surface area (Å²) in [5.74, 6) is -0.491. The summed E-state index contributed by atoms with van der Waals surface area (Å²) in [5.41, 5.74) is 3.08. The van der Waals surface area contributed by atoms with Crippen LogP contribution in [-0.2, 0) is 11.3 Å². The highest BCUT2D eigenvalue weighted by Gasteiger charge is 2.30. The molecule has 0 unspecified atom stereocenters. The van der Waals surface area contributed by atoms with Crippen LogP contribution in [-0.4, -0.2) is 35.6 Å². The minimum Gasteiger partial charge on any atom is -0.464 e. The van der Waals surface area contributed by atoms with E-state index < -0.39 is 5.97 Å². The Labute approximate surface area is 213 Å². The molecule has 1 aliphatic rings. The summed E-state index contributed by atoms with van der Waals surface area (Å²) in [6.45, 7) is 2.59. The first kappa shape index (κ1) is 23.5. The number of hydrogen-bond donors (Lipinski definition) is 0. The summed E-state index contributed by atoms with van der Waals surface area (Å²) in [5, 5.41) is 1.35. The van der Waals surface area contributed by atoms with Gasteiger partial charge in [-0.1, -0.05) is 76.6 Å². The molecule has 1 aliphatic heterocycles. The molecule has 2 heterocycles. The van der Waals surface area contributed by atoms with Crippen molar-refractivity contribution in [3.05, 3.63) is 105 Å². The average molecular weight is 531 g/mol. The number of hydrogen-bond acceptors (Lipinski definition) is 4. The number of pyridine rings is 1. The minimum atomic E-state index is -0.491. The predicted molar refractivity (Wildman–Crippen MR) is 143 cm³/mol. The number of carbonyl (C=O) groups excluding carboxylic acids is 1. The van der Waals surface area contributed by atoms with E-state index >= 15 is 0 Å². The number of carbonyl (C=O) groups is 1. The van der Waals surface area contributed by atoms with Gasteiger partial charge in [0.15, 0.2) is 0 Å². The van der Waals surface area contributed by atoms with Crippen molar-refractivity contribution in [1.29, 1.82) is 0 Å².